The Hall–Kier alpha value is -1.65. The first kappa shape index (κ1) is 23.6. The molecule has 0 aliphatic rings. The van der Waals surface area contributed by atoms with Crippen LogP contribution < -0.4 is 0 Å². The highest BCUT2D eigenvalue weighted by atomic mass is 32.2. The minimum atomic E-state index is -0.317. The van der Waals surface area contributed by atoms with E-state index < -0.39 is 0 Å². The van der Waals surface area contributed by atoms with Crippen molar-refractivity contribution in [3.8, 4) is 0 Å². The number of carbonyl (C=O) groups is 1. The van der Waals surface area contributed by atoms with Gasteiger partial charge in [0, 0.05) is 5.56 Å². The highest BCUT2D eigenvalue weighted by Crippen LogP contribution is 2.34. The number of esters is 1. The summed E-state index contributed by atoms with van der Waals surface area (Å²) in [5, 5.41) is 0. The van der Waals surface area contributed by atoms with E-state index in [0.717, 1.165) is 22.6 Å². The van der Waals surface area contributed by atoms with Gasteiger partial charge in [-0.2, -0.15) is 0 Å². The van der Waals surface area contributed by atoms with Crippen molar-refractivity contribution in [2.24, 2.45) is 11.8 Å². The number of rotatable bonds is 9. The van der Waals surface area contributed by atoms with Crippen molar-refractivity contribution < 1.29 is 9.53 Å². The normalized spacial score (nSPS) is 11.0. The molecule has 0 fully saturated rings. The third-order valence-electron chi connectivity index (χ3n) is 4.44. The molecule has 0 aliphatic heterocycles. The van der Waals surface area contributed by atoms with Gasteiger partial charge in [0.05, 0.1) is 9.80 Å². The van der Waals surface area contributed by atoms with Gasteiger partial charge >= 0.3 is 5.97 Å². The summed E-state index contributed by atoms with van der Waals surface area (Å²) >= 11 is 3.20. The van der Waals surface area contributed by atoms with E-state index in [0.29, 0.717) is 23.2 Å². The molecule has 0 atom stereocenters. The molecular formula is C25H32O2S2. The van der Waals surface area contributed by atoms with Crippen molar-refractivity contribution in [2.45, 2.75) is 40.5 Å². The first-order chi connectivity index (χ1) is 13.8. The van der Waals surface area contributed by atoms with E-state index in [2.05, 4.69) is 52.0 Å². The van der Waals surface area contributed by atoms with Gasteiger partial charge < -0.3 is 4.74 Å². The van der Waals surface area contributed by atoms with Crippen molar-refractivity contribution in [1.82, 2.24) is 0 Å². The zero-order valence-electron chi connectivity index (χ0n) is 18.3. The van der Waals surface area contributed by atoms with Gasteiger partial charge in [-0.3, -0.25) is 0 Å². The Morgan fingerprint density at radius 1 is 0.759 bits per heavy atom. The van der Waals surface area contributed by atoms with Crippen LogP contribution in [0.2, 0.25) is 0 Å². The summed E-state index contributed by atoms with van der Waals surface area (Å²) in [6.07, 6.45) is 6.06. The largest absolute Gasteiger partial charge is 0.421 e. The fourth-order valence-corrected chi connectivity index (χ4v) is 4.51. The van der Waals surface area contributed by atoms with Crippen LogP contribution in [0.4, 0.5) is 0 Å². The number of carbonyl (C=O) groups excluding carboxylic acids is 1. The van der Waals surface area contributed by atoms with Gasteiger partial charge in [0.1, 0.15) is 0 Å². The fraction of sp³-hybridized carbons (Fsp3) is 0.400. The third-order valence-corrected chi connectivity index (χ3v) is 6.56. The Morgan fingerprint density at radius 3 is 1.55 bits per heavy atom. The van der Waals surface area contributed by atoms with Crippen molar-refractivity contribution >= 4 is 35.3 Å². The molecule has 0 amide bonds. The fourth-order valence-electron chi connectivity index (χ4n) is 3.15. The maximum Gasteiger partial charge on any atom is 0.343 e. The summed E-state index contributed by atoms with van der Waals surface area (Å²) in [6, 6.07) is 16.1. The van der Waals surface area contributed by atoms with Crippen LogP contribution >= 0.6 is 23.5 Å². The van der Waals surface area contributed by atoms with E-state index >= 15 is 0 Å². The van der Waals surface area contributed by atoms with Crippen molar-refractivity contribution in [2.75, 3.05) is 12.5 Å². The number of ether oxygens (including phenoxy) is 1. The predicted octanol–water partition coefficient (Wildman–Crippen LogP) is 7.29. The SMILES string of the molecule is CSC(SC)=C(OC(=O)c1ccc(CC(C)C)cc1)c1ccc(CC(C)C)cc1. The van der Waals surface area contributed by atoms with Crippen LogP contribution in [-0.4, -0.2) is 18.5 Å². The summed E-state index contributed by atoms with van der Waals surface area (Å²) in [6.45, 7) is 8.82. The molecule has 0 N–H and O–H groups in total. The van der Waals surface area contributed by atoms with E-state index in [-0.39, 0.29) is 5.97 Å². The van der Waals surface area contributed by atoms with Gasteiger partial charge in [-0.15, -0.1) is 23.5 Å². The minimum absolute atomic E-state index is 0.317. The maximum atomic E-state index is 12.8. The molecule has 0 saturated carbocycles. The average Bonchev–Trinajstić information content (AvgIpc) is 2.68. The molecule has 0 saturated heterocycles. The van der Waals surface area contributed by atoms with Crippen LogP contribution in [0.25, 0.3) is 5.76 Å². The molecule has 0 bridgehead atoms. The van der Waals surface area contributed by atoms with Gasteiger partial charge in [-0.1, -0.05) is 64.1 Å². The highest BCUT2D eigenvalue weighted by molar-refractivity contribution is 8.21. The molecule has 0 unspecified atom stereocenters. The van der Waals surface area contributed by atoms with Crippen LogP contribution in [0.5, 0.6) is 0 Å². The highest BCUT2D eigenvalue weighted by Gasteiger charge is 2.17. The van der Waals surface area contributed by atoms with E-state index in [1.165, 1.54) is 11.1 Å². The Kier molecular flexibility index (Phi) is 9.38. The minimum Gasteiger partial charge on any atom is -0.421 e. The third kappa shape index (κ3) is 7.27. The first-order valence-electron chi connectivity index (χ1n) is 10.1. The standard InChI is InChI=1S/C25H32O2S2/c1-17(2)15-19-7-11-21(12-8-19)23(25(28-5)29-6)27-24(26)22-13-9-20(10-14-22)16-18(3)4/h7-14,17-18H,15-16H2,1-6H3. The van der Waals surface area contributed by atoms with Gasteiger partial charge in [-0.05, 0) is 60.4 Å². The second-order valence-electron chi connectivity index (χ2n) is 8.00. The van der Waals surface area contributed by atoms with E-state index in [1.807, 2.05) is 36.8 Å². The molecule has 2 aromatic carbocycles. The monoisotopic (exact) mass is 428 g/mol. The lowest BCUT2D eigenvalue weighted by molar-refractivity contribution is 0.0692. The summed E-state index contributed by atoms with van der Waals surface area (Å²) in [4.78, 5) is 12.8. The zero-order chi connectivity index (χ0) is 21.4. The van der Waals surface area contributed by atoms with Crippen LogP contribution in [0.1, 0.15) is 54.7 Å². The second-order valence-corrected chi connectivity index (χ2v) is 9.90. The number of benzene rings is 2. The van der Waals surface area contributed by atoms with Crippen LogP contribution in [0.3, 0.4) is 0 Å². The lowest BCUT2D eigenvalue weighted by Crippen LogP contribution is -2.06. The van der Waals surface area contributed by atoms with Crippen molar-refractivity contribution in [1.29, 1.82) is 0 Å². The molecule has 2 aromatic rings. The summed E-state index contributed by atoms with van der Waals surface area (Å²) in [5.41, 5.74) is 4.04. The van der Waals surface area contributed by atoms with Gasteiger partial charge in [0.15, 0.2) is 5.76 Å². The first-order valence-corrected chi connectivity index (χ1v) is 12.5. The maximum absolute atomic E-state index is 12.8. The Morgan fingerprint density at radius 2 is 1.17 bits per heavy atom. The van der Waals surface area contributed by atoms with Gasteiger partial charge in [-0.25, -0.2) is 4.79 Å². The molecule has 0 radical (unpaired) electrons. The molecule has 4 heteroatoms. The Labute approximate surface area is 184 Å². The average molecular weight is 429 g/mol. The molecule has 2 nitrogen and oxygen atoms in total. The van der Waals surface area contributed by atoms with Crippen LogP contribution in [-0.2, 0) is 17.6 Å². The summed E-state index contributed by atoms with van der Waals surface area (Å²) in [7, 11) is 0. The Bertz CT molecular complexity index is 813. The molecule has 0 aliphatic carbocycles. The lowest BCUT2D eigenvalue weighted by Gasteiger charge is -2.14. The van der Waals surface area contributed by atoms with E-state index in [1.54, 1.807) is 23.5 Å². The van der Waals surface area contributed by atoms with Crippen molar-refractivity contribution in [3.05, 3.63) is 75.0 Å². The summed E-state index contributed by atoms with van der Waals surface area (Å²) in [5.74, 6) is 1.52. The molecule has 2 rings (SSSR count). The zero-order valence-corrected chi connectivity index (χ0v) is 20.0. The molecule has 156 valence electrons. The Balaban J connectivity index is 2.25. The summed E-state index contributed by atoms with van der Waals surface area (Å²) < 4.78 is 6.90. The number of hydrogen-bond acceptors (Lipinski definition) is 4. The van der Waals surface area contributed by atoms with E-state index in [4.69, 9.17) is 4.74 Å². The quantitative estimate of drug-likeness (QED) is 0.309. The second kappa shape index (κ2) is 11.5. The molecule has 29 heavy (non-hydrogen) atoms. The van der Waals surface area contributed by atoms with Gasteiger partial charge in [0.25, 0.3) is 0 Å². The molecular weight excluding hydrogens is 396 g/mol. The lowest BCUT2D eigenvalue weighted by atomic mass is 10.0. The number of thioether (sulfide) groups is 2. The van der Waals surface area contributed by atoms with Crippen LogP contribution in [0.15, 0.2) is 52.8 Å². The van der Waals surface area contributed by atoms with E-state index in [9.17, 15) is 4.79 Å². The molecule has 0 heterocycles. The smallest absolute Gasteiger partial charge is 0.343 e. The van der Waals surface area contributed by atoms with Gasteiger partial charge in [0.2, 0.25) is 0 Å². The molecule has 0 spiro atoms. The molecule has 0 aromatic heterocycles. The van der Waals surface area contributed by atoms with Crippen molar-refractivity contribution in [3.63, 3.8) is 0 Å². The topological polar surface area (TPSA) is 26.3 Å². The van der Waals surface area contributed by atoms with Crippen LogP contribution in [0, 0.1) is 11.8 Å². The number of hydrogen-bond donors (Lipinski definition) is 0. The predicted molar refractivity (Wildman–Crippen MR) is 129 cm³/mol.